The summed E-state index contributed by atoms with van der Waals surface area (Å²) in [6.45, 7) is -0.206. The van der Waals surface area contributed by atoms with Crippen LogP contribution in [0.1, 0.15) is 10.5 Å². The first kappa shape index (κ1) is 18.9. The van der Waals surface area contributed by atoms with Crippen molar-refractivity contribution in [3.63, 3.8) is 0 Å². The standard InChI is InChI=1S/C20H16N6O4/c27-17-12-21-18(24-26(17)14-9-5-2-6-10-14)20(29)23-22-19(28)15-11-16(30-25-15)13-7-3-1-4-8-13/h1-11H,12H2,(H,21,24)(H,22,28)(H,23,29). The first-order chi connectivity index (χ1) is 14.6. The van der Waals surface area contributed by atoms with Gasteiger partial charge in [-0.2, -0.15) is 0 Å². The highest BCUT2D eigenvalue weighted by atomic mass is 16.5. The maximum atomic E-state index is 12.3. The van der Waals surface area contributed by atoms with Gasteiger partial charge in [0.05, 0.1) is 5.69 Å². The number of rotatable bonds is 4. The van der Waals surface area contributed by atoms with Gasteiger partial charge in [-0.1, -0.05) is 53.7 Å². The number of amides is 3. The van der Waals surface area contributed by atoms with Crippen LogP contribution in [0.25, 0.3) is 11.3 Å². The molecule has 0 aliphatic carbocycles. The normalized spacial score (nSPS) is 13.3. The van der Waals surface area contributed by atoms with E-state index in [1.807, 2.05) is 36.4 Å². The van der Waals surface area contributed by atoms with Crippen molar-refractivity contribution in [2.45, 2.75) is 0 Å². The Morgan fingerprint density at radius 1 is 0.967 bits per heavy atom. The number of aromatic nitrogens is 1. The topological polar surface area (TPSA) is 129 Å². The predicted molar refractivity (Wildman–Crippen MR) is 107 cm³/mol. The largest absolute Gasteiger partial charge is 0.355 e. The summed E-state index contributed by atoms with van der Waals surface area (Å²) in [5.41, 5.74) is 8.44. The van der Waals surface area contributed by atoms with Crippen LogP contribution in [0.4, 0.5) is 5.69 Å². The molecule has 2 heterocycles. The summed E-state index contributed by atoms with van der Waals surface area (Å²) < 4.78 is 5.17. The van der Waals surface area contributed by atoms with Crippen molar-refractivity contribution >= 4 is 29.2 Å². The van der Waals surface area contributed by atoms with E-state index in [1.54, 1.807) is 24.3 Å². The summed E-state index contributed by atoms with van der Waals surface area (Å²) in [6, 6.07) is 19.4. The molecule has 10 nitrogen and oxygen atoms in total. The van der Waals surface area contributed by atoms with Crippen LogP contribution >= 0.6 is 0 Å². The maximum absolute atomic E-state index is 12.3. The second-order valence-electron chi connectivity index (χ2n) is 6.19. The number of aliphatic imine (C=N–C) groups is 1. The number of carbonyl (C=O) groups is 3. The summed E-state index contributed by atoms with van der Waals surface area (Å²) in [6.07, 6.45) is 0. The number of benzene rings is 2. The van der Waals surface area contributed by atoms with E-state index in [-0.39, 0.29) is 24.0 Å². The second kappa shape index (κ2) is 8.27. The lowest BCUT2D eigenvalue weighted by molar-refractivity contribution is -0.118. The Bertz CT molecular complexity index is 1110. The monoisotopic (exact) mass is 404 g/mol. The number of hydrogen-bond acceptors (Lipinski definition) is 7. The lowest BCUT2D eigenvalue weighted by Crippen LogP contribution is -2.57. The molecule has 0 radical (unpaired) electrons. The van der Waals surface area contributed by atoms with E-state index in [4.69, 9.17) is 4.52 Å². The molecule has 0 unspecified atom stereocenters. The third-order valence-electron chi connectivity index (χ3n) is 4.16. The SMILES string of the molecule is O=C(NNC(=O)c1cc(-c2ccccc2)on1)C1=NCC(=O)N(c2ccccc2)N1. The summed E-state index contributed by atoms with van der Waals surface area (Å²) in [7, 11) is 0. The third-order valence-corrected chi connectivity index (χ3v) is 4.16. The minimum atomic E-state index is -0.719. The quantitative estimate of drug-likeness (QED) is 0.558. The zero-order valence-corrected chi connectivity index (χ0v) is 15.5. The van der Waals surface area contributed by atoms with Crippen molar-refractivity contribution in [1.29, 1.82) is 0 Å². The molecule has 0 atom stereocenters. The van der Waals surface area contributed by atoms with Crippen molar-refractivity contribution < 1.29 is 18.9 Å². The Labute approximate surface area is 170 Å². The fourth-order valence-corrected chi connectivity index (χ4v) is 2.69. The maximum Gasteiger partial charge on any atom is 0.306 e. The van der Waals surface area contributed by atoms with Crippen molar-refractivity contribution in [3.8, 4) is 11.3 Å². The van der Waals surface area contributed by atoms with Gasteiger partial charge in [-0.15, -0.1) is 0 Å². The fraction of sp³-hybridized carbons (Fsp3) is 0.0500. The highest BCUT2D eigenvalue weighted by Gasteiger charge is 2.26. The average Bonchev–Trinajstić information content (AvgIpc) is 3.29. The Hall–Kier alpha value is -4.47. The lowest BCUT2D eigenvalue weighted by atomic mass is 10.1. The van der Waals surface area contributed by atoms with Crippen LogP contribution in [-0.2, 0) is 9.59 Å². The average molecular weight is 404 g/mol. The van der Waals surface area contributed by atoms with Gasteiger partial charge in [0.2, 0.25) is 5.84 Å². The van der Waals surface area contributed by atoms with Crippen LogP contribution in [0, 0.1) is 0 Å². The van der Waals surface area contributed by atoms with E-state index in [9.17, 15) is 14.4 Å². The summed E-state index contributed by atoms with van der Waals surface area (Å²) in [5, 5.41) is 4.92. The highest BCUT2D eigenvalue weighted by molar-refractivity contribution is 6.39. The minimum absolute atomic E-state index is 0.00575. The van der Waals surface area contributed by atoms with Gasteiger partial charge in [-0.05, 0) is 12.1 Å². The molecule has 3 amide bonds. The van der Waals surface area contributed by atoms with Crippen molar-refractivity contribution in [2.24, 2.45) is 4.99 Å². The van der Waals surface area contributed by atoms with E-state index in [2.05, 4.69) is 26.4 Å². The van der Waals surface area contributed by atoms with E-state index in [0.717, 1.165) is 5.56 Å². The van der Waals surface area contributed by atoms with Crippen molar-refractivity contribution in [3.05, 3.63) is 72.4 Å². The molecular formula is C20H16N6O4. The van der Waals surface area contributed by atoms with Crippen LogP contribution < -0.4 is 21.3 Å². The zero-order chi connectivity index (χ0) is 20.9. The number of para-hydroxylation sites is 1. The van der Waals surface area contributed by atoms with Gasteiger partial charge in [0.25, 0.3) is 11.8 Å². The van der Waals surface area contributed by atoms with E-state index in [1.165, 1.54) is 11.1 Å². The van der Waals surface area contributed by atoms with Gasteiger partial charge in [0.15, 0.2) is 11.5 Å². The molecule has 2 aromatic carbocycles. The summed E-state index contributed by atoms with van der Waals surface area (Å²) >= 11 is 0. The number of nitrogens with zero attached hydrogens (tertiary/aromatic N) is 3. The zero-order valence-electron chi connectivity index (χ0n) is 15.5. The van der Waals surface area contributed by atoms with Gasteiger partial charge >= 0.3 is 5.91 Å². The number of hydrazine groups is 2. The number of hydrogen-bond donors (Lipinski definition) is 3. The molecule has 150 valence electrons. The van der Waals surface area contributed by atoms with Crippen molar-refractivity contribution in [1.82, 2.24) is 21.4 Å². The van der Waals surface area contributed by atoms with E-state index < -0.39 is 11.8 Å². The molecule has 1 aliphatic rings. The molecule has 3 N–H and O–H groups in total. The number of anilines is 1. The second-order valence-corrected chi connectivity index (χ2v) is 6.19. The fourth-order valence-electron chi connectivity index (χ4n) is 2.69. The smallest absolute Gasteiger partial charge is 0.306 e. The van der Waals surface area contributed by atoms with Gasteiger partial charge in [0, 0.05) is 11.6 Å². The molecule has 0 bridgehead atoms. The molecule has 1 aromatic heterocycles. The molecule has 4 rings (SSSR count). The molecule has 1 aliphatic heterocycles. The number of carbonyl (C=O) groups excluding carboxylic acids is 3. The van der Waals surface area contributed by atoms with Gasteiger partial charge in [-0.25, -0.2) is 5.01 Å². The highest BCUT2D eigenvalue weighted by Crippen LogP contribution is 2.19. The van der Waals surface area contributed by atoms with Crippen molar-refractivity contribution in [2.75, 3.05) is 11.6 Å². The molecule has 0 saturated heterocycles. The molecule has 0 fully saturated rings. The Kier molecular flexibility index (Phi) is 5.20. The summed E-state index contributed by atoms with van der Waals surface area (Å²) in [4.78, 5) is 40.6. The van der Waals surface area contributed by atoms with Crippen LogP contribution in [0.5, 0.6) is 0 Å². The van der Waals surface area contributed by atoms with E-state index >= 15 is 0 Å². The molecule has 3 aromatic rings. The van der Waals surface area contributed by atoms with Crippen LogP contribution in [-0.4, -0.2) is 35.3 Å². The first-order valence-corrected chi connectivity index (χ1v) is 8.94. The molecule has 30 heavy (non-hydrogen) atoms. The minimum Gasteiger partial charge on any atom is -0.355 e. The first-order valence-electron chi connectivity index (χ1n) is 8.94. The van der Waals surface area contributed by atoms with Gasteiger partial charge in [-0.3, -0.25) is 35.7 Å². The van der Waals surface area contributed by atoms with Crippen LogP contribution in [0.3, 0.4) is 0 Å². The van der Waals surface area contributed by atoms with E-state index in [0.29, 0.717) is 11.4 Å². The molecule has 10 heteroatoms. The van der Waals surface area contributed by atoms with Gasteiger partial charge in [0.1, 0.15) is 6.54 Å². The Morgan fingerprint density at radius 2 is 1.63 bits per heavy atom. The Balaban J connectivity index is 1.37. The third kappa shape index (κ3) is 4.02. The summed E-state index contributed by atoms with van der Waals surface area (Å²) in [5.74, 6) is -1.41. The van der Waals surface area contributed by atoms with Crippen LogP contribution in [0.15, 0.2) is 76.2 Å². The molecule has 0 spiro atoms. The van der Waals surface area contributed by atoms with Crippen LogP contribution in [0.2, 0.25) is 0 Å². The van der Waals surface area contributed by atoms with Gasteiger partial charge < -0.3 is 4.52 Å². The number of nitrogens with one attached hydrogen (secondary N) is 3. The molecule has 0 saturated carbocycles. The lowest BCUT2D eigenvalue weighted by Gasteiger charge is -2.27. The molecular weight excluding hydrogens is 388 g/mol. The Morgan fingerprint density at radius 3 is 2.37 bits per heavy atom. The predicted octanol–water partition coefficient (Wildman–Crippen LogP) is 1.05. The number of amidine groups is 1.